The van der Waals surface area contributed by atoms with Crippen molar-refractivity contribution in [2.24, 2.45) is 0 Å². The van der Waals surface area contributed by atoms with E-state index in [0.717, 1.165) is 11.8 Å². The molecule has 1 nitrogen and oxygen atoms in total. The van der Waals surface area contributed by atoms with Gasteiger partial charge < -0.3 is 5.32 Å². The number of rotatable bonds is 7. The smallest absolute Gasteiger partial charge is 0.0292 e. The molecule has 0 aromatic carbocycles. The van der Waals surface area contributed by atoms with E-state index in [1.807, 2.05) is 11.3 Å². The predicted molar refractivity (Wildman–Crippen MR) is 88.3 cm³/mol. The molecule has 2 unspecified atom stereocenters. The van der Waals surface area contributed by atoms with Crippen molar-refractivity contribution in [3.8, 4) is 0 Å². The zero-order valence-corrected chi connectivity index (χ0v) is 13.5. The second kappa shape index (κ2) is 8.51. The summed E-state index contributed by atoms with van der Waals surface area (Å²) in [5, 5.41) is 9.07. The highest BCUT2D eigenvalue weighted by atomic mass is 32.2. The van der Waals surface area contributed by atoms with Gasteiger partial charge in [0.05, 0.1) is 0 Å². The fraction of sp³-hybridized carbons (Fsp3) is 0.714. The van der Waals surface area contributed by atoms with Gasteiger partial charge in [0.1, 0.15) is 0 Å². The average molecular weight is 302 g/mol. The van der Waals surface area contributed by atoms with E-state index < -0.39 is 0 Å². The zero-order chi connectivity index (χ0) is 12.6. The molecular formula is C14H23NS3. The van der Waals surface area contributed by atoms with Crippen molar-refractivity contribution in [1.29, 1.82) is 0 Å². The minimum Gasteiger partial charge on any atom is -0.313 e. The molecule has 1 aromatic rings. The summed E-state index contributed by atoms with van der Waals surface area (Å²) in [7, 11) is 0. The fourth-order valence-corrected chi connectivity index (χ4v) is 5.88. The molecule has 1 aliphatic rings. The second-order valence-electron chi connectivity index (χ2n) is 4.72. The summed E-state index contributed by atoms with van der Waals surface area (Å²) < 4.78 is 0. The number of hydrogen-bond acceptors (Lipinski definition) is 4. The molecule has 4 heteroatoms. The van der Waals surface area contributed by atoms with Gasteiger partial charge in [-0.25, -0.2) is 0 Å². The number of hydrogen-bond donors (Lipinski definition) is 1. The van der Waals surface area contributed by atoms with E-state index in [1.165, 1.54) is 42.1 Å². The van der Waals surface area contributed by atoms with Crippen molar-refractivity contribution in [2.45, 2.75) is 37.5 Å². The Morgan fingerprint density at radius 2 is 2.39 bits per heavy atom. The molecule has 0 saturated carbocycles. The van der Waals surface area contributed by atoms with Gasteiger partial charge in [-0.15, -0.1) is 0 Å². The third-order valence-electron chi connectivity index (χ3n) is 3.27. The van der Waals surface area contributed by atoms with E-state index in [2.05, 4.69) is 52.6 Å². The minimum atomic E-state index is 0.697. The molecule has 1 saturated heterocycles. The monoisotopic (exact) mass is 301 g/mol. The van der Waals surface area contributed by atoms with Gasteiger partial charge >= 0.3 is 0 Å². The van der Waals surface area contributed by atoms with Crippen molar-refractivity contribution in [3.05, 3.63) is 22.4 Å². The van der Waals surface area contributed by atoms with Crippen molar-refractivity contribution in [3.63, 3.8) is 0 Å². The summed E-state index contributed by atoms with van der Waals surface area (Å²) in [5.41, 5.74) is 1.51. The van der Waals surface area contributed by atoms with Crippen molar-refractivity contribution in [2.75, 3.05) is 23.8 Å². The number of aryl methyl sites for hydroxylation is 1. The lowest BCUT2D eigenvalue weighted by molar-refractivity contribution is 0.479. The molecule has 1 fully saturated rings. The average Bonchev–Trinajstić information content (AvgIpc) is 2.93. The number of thioether (sulfide) groups is 2. The third kappa shape index (κ3) is 4.80. The van der Waals surface area contributed by atoms with Crippen LogP contribution in [0.15, 0.2) is 16.8 Å². The van der Waals surface area contributed by atoms with Crippen LogP contribution >= 0.6 is 34.9 Å². The molecule has 0 spiro atoms. The molecule has 102 valence electrons. The van der Waals surface area contributed by atoms with Gasteiger partial charge in [0.25, 0.3) is 0 Å². The van der Waals surface area contributed by atoms with Crippen LogP contribution in [-0.4, -0.2) is 35.1 Å². The van der Waals surface area contributed by atoms with E-state index in [-0.39, 0.29) is 0 Å². The summed E-state index contributed by atoms with van der Waals surface area (Å²) in [6.07, 6.45) is 3.75. The van der Waals surface area contributed by atoms with Crippen LogP contribution in [-0.2, 0) is 6.42 Å². The molecule has 0 aliphatic carbocycles. The van der Waals surface area contributed by atoms with Crippen LogP contribution < -0.4 is 5.32 Å². The maximum atomic E-state index is 3.77. The molecule has 0 bridgehead atoms. The highest BCUT2D eigenvalue weighted by molar-refractivity contribution is 8.06. The molecule has 0 amide bonds. The Kier molecular flexibility index (Phi) is 6.98. The van der Waals surface area contributed by atoms with Gasteiger partial charge in [-0.2, -0.15) is 34.9 Å². The molecule has 18 heavy (non-hydrogen) atoms. The Balaban J connectivity index is 1.83. The first-order chi connectivity index (χ1) is 8.90. The van der Waals surface area contributed by atoms with Crippen molar-refractivity contribution < 1.29 is 0 Å². The minimum absolute atomic E-state index is 0.697. The molecule has 1 N–H and O–H groups in total. The Morgan fingerprint density at radius 3 is 3.06 bits per heavy atom. The molecule has 2 atom stereocenters. The SMILES string of the molecule is CCCNC(CCc1ccsc1)C1CSCCS1. The lowest BCUT2D eigenvalue weighted by Crippen LogP contribution is -2.41. The summed E-state index contributed by atoms with van der Waals surface area (Å²) in [6, 6.07) is 2.97. The summed E-state index contributed by atoms with van der Waals surface area (Å²) >= 11 is 6.12. The molecular weight excluding hydrogens is 278 g/mol. The van der Waals surface area contributed by atoms with Gasteiger partial charge in [-0.1, -0.05) is 6.92 Å². The van der Waals surface area contributed by atoms with E-state index in [9.17, 15) is 0 Å². The van der Waals surface area contributed by atoms with Gasteiger partial charge in [0.2, 0.25) is 0 Å². The van der Waals surface area contributed by atoms with Crippen LogP contribution in [0, 0.1) is 0 Å². The summed E-state index contributed by atoms with van der Waals surface area (Å²) in [6.45, 7) is 3.42. The fourth-order valence-electron chi connectivity index (χ4n) is 2.24. The van der Waals surface area contributed by atoms with E-state index in [0.29, 0.717) is 6.04 Å². The first-order valence-corrected chi connectivity index (χ1v) is 9.98. The van der Waals surface area contributed by atoms with Crippen molar-refractivity contribution in [1.82, 2.24) is 5.32 Å². The zero-order valence-electron chi connectivity index (χ0n) is 11.1. The van der Waals surface area contributed by atoms with Crippen molar-refractivity contribution >= 4 is 34.9 Å². The van der Waals surface area contributed by atoms with Crippen LogP contribution in [0.5, 0.6) is 0 Å². The van der Waals surface area contributed by atoms with E-state index in [4.69, 9.17) is 0 Å². The quantitative estimate of drug-likeness (QED) is 0.820. The molecule has 2 rings (SSSR count). The lowest BCUT2D eigenvalue weighted by atomic mass is 10.1. The van der Waals surface area contributed by atoms with Gasteiger partial charge in [0.15, 0.2) is 0 Å². The summed E-state index contributed by atoms with van der Waals surface area (Å²) in [5.74, 6) is 4.00. The number of nitrogens with one attached hydrogen (secondary N) is 1. The van der Waals surface area contributed by atoms with Crippen LogP contribution in [0.3, 0.4) is 0 Å². The standard InChI is InChI=1S/C14H23NS3/c1-2-6-15-13(14-11-17-8-9-18-14)4-3-12-5-7-16-10-12/h5,7,10,13-15H,2-4,6,8-9,11H2,1H3. The van der Waals surface area contributed by atoms with Crippen LogP contribution in [0.2, 0.25) is 0 Å². The molecule has 2 heterocycles. The molecule has 1 aliphatic heterocycles. The number of thiophene rings is 1. The van der Waals surface area contributed by atoms with E-state index in [1.54, 1.807) is 0 Å². The normalized spacial score (nSPS) is 21.9. The highest BCUT2D eigenvalue weighted by Gasteiger charge is 2.23. The molecule has 1 aromatic heterocycles. The van der Waals surface area contributed by atoms with Crippen LogP contribution in [0.1, 0.15) is 25.3 Å². The largest absolute Gasteiger partial charge is 0.313 e. The van der Waals surface area contributed by atoms with Crippen LogP contribution in [0.4, 0.5) is 0 Å². The maximum absolute atomic E-state index is 3.77. The first-order valence-electron chi connectivity index (χ1n) is 6.84. The Hall–Kier alpha value is 0.360. The van der Waals surface area contributed by atoms with Gasteiger partial charge in [-0.3, -0.25) is 0 Å². The maximum Gasteiger partial charge on any atom is 0.0292 e. The highest BCUT2D eigenvalue weighted by Crippen LogP contribution is 2.28. The third-order valence-corrected chi connectivity index (χ3v) is 6.92. The van der Waals surface area contributed by atoms with Gasteiger partial charge in [0, 0.05) is 28.6 Å². The topological polar surface area (TPSA) is 12.0 Å². The predicted octanol–water partition coefficient (Wildman–Crippen LogP) is 3.90. The van der Waals surface area contributed by atoms with Gasteiger partial charge in [-0.05, 0) is 48.2 Å². The Bertz CT molecular complexity index is 307. The Morgan fingerprint density at radius 1 is 1.44 bits per heavy atom. The lowest BCUT2D eigenvalue weighted by Gasteiger charge is -2.30. The summed E-state index contributed by atoms with van der Waals surface area (Å²) in [4.78, 5) is 0. The van der Waals surface area contributed by atoms with Crippen LogP contribution in [0.25, 0.3) is 0 Å². The Labute approximate surface area is 124 Å². The molecule has 0 radical (unpaired) electrons. The first kappa shape index (κ1) is 14.8. The van der Waals surface area contributed by atoms with E-state index >= 15 is 0 Å². The second-order valence-corrected chi connectivity index (χ2v) is 7.99.